The topological polar surface area (TPSA) is 249 Å². The number of hydrogen-bond acceptors (Lipinski definition) is 12. The molecule has 564 valence electrons. The molecule has 46 heteroatoms. The number of rotatable bonds is 8. The van der Waals surface area contributed by atoms with E-state index in [4.69, 9.17) is 26.3 Å². The molecule has 0 heterocycles. The highest BCUT2D eigenvalue weighted by Crippen LogP contribution is 2.49. The number of hydrogen-bond donors (Lipinski definition) is 0. The third-order valence-corrected chi connectivity index (χ3v) is 21.8. The number of alkyl halides is 6. The third-order valence-electron chi connectivity index (χ3n) is 16.6. The number of fused-ring (bicyclic) bond motifs is 4. The van der Waals surface area contributed by atoms with E-state index in [-0.39, 0.29) is 12.5 Å². The van der Waals surface area contributed by atoms with E-state index < -0.39 is 345 Å². The fourth-order valence-electron chi connectivity index (χ4n) is 12.2. The van der Waals surface area contributed by atoms with Crippen molar-refractivity contribution in [1.82, 2.24) is 0 Å². The van der Waals surface area contributed by atoms with Gasteiger partial charge in [-0.1, -0.05) is 0 Å². The van der Waals surface area contributed by atoms with Crippen LogP contribution in [0.4, 0.5) is 114 Å². The first-order valence-corrected chi connectivity index (χ1v) is 34.5. The SMILES string of the molecule is [C-]#[N+]C([N+]#[C-])=C1Cc2c(-c3c(F)c(F)c(S(=O)(=O)C(F)(F)F)c(F)c3F)c3c(c(-c4c(F)c(F)c(S(=O)(=O)C(F)(F)F)c(F)c4F)c2=C1F)CC(=C(C#N)C#N)C=3F.[C-]#[N+]C([N+]#[C-])=C1Cc2c(-c3c(F)c(F)c(S(C)(=O)=O)c(F)c3F)c3c(c(-c4c(F)c(F)c(S(C)(=O)=O)c(F)c4F)c2=C1F)CC(=C(C#N)C#N)C=3F. The summed E-state index contributed by atoms with van der Waals surface area (Å²) in [5.41, 5.74) is -41.7. The van der Waals surface area contributed by atoms with E-state index in [1.54, 1.807) is 0 Å². The molecule has 6 aromatic rings. The minimum atomic E-state index is -7.36. The number of nitriles is 4. The summed E-state index contributed by atoms with van der Waals surface area (Å²) in [7, 11) is -24.9. The van der Waals surface area contributed by atoms with Crippen molar-refractivity contribution in [2.45, 2.75) is 56.3 Å². The zero-order valence-electron chi connectivity index (χ0n) is 52.1. The first kappa shape index (κ1) is 81.7. The summed E-state index contributed by atoms with van der Waals surface area (Å²) in [6.07, 6.45) is -5.56. The highest BCUT2D eigenvalue weighted by atomic mass is 32.2. The summed E-state index contributed by atoms with van der Waals surface area (Å²) < 4.78 is 492. The first-order chi connectivity index (χ1) is 50.7. The van der Waals surface area contributed by atoms with Crippen molar-refractivity contribution in [2.75, 3.05) is 12.5 Å². The van der Waals surface area contributed by atoms with Gasteiger partial charge < -0.3 is 0 Å². The average molecular weight is 1650 g/mol. The van der Waals surface area contributed by atoms with Gasteiger partial charge in [0.15, 0.2) is 123 Å². The van der Waals surface area contributed by atoms with Crippen molar-refractivity contribution in [3.05, 3.63) is 227 Å². The third kappa shape index (κ3) is 11.8. The zero-order valence-corrected chi connectivity index (χ0v) is 55.4. The first-order valence-electron chi connectivity index (χ1n) is 27.8. The van der Waals surface area contributed by atoms with Crippen molar-refractivity contribution in [3.63, 3.8) is 0 Å². The van der Waals surface area contributed by atoms with Gasteiger partial charge in [-0.25, -0.2) is 121 Å². The van der Waals surface area contributed by atoms with Gasteiger partial charge in [-0.2, -0.15) is 66.8 Å². The largest absolute Gasteiger partial charge is 0.525 e. The molecule has 0 amide bonds. The second kappa shape index (κ2) is 27.4. The molecule has 110 heavy (non-hydrogen) atoms. The van der Waals surface area contributed by atoms with Gasteiger partial charge in [-0.15, -0.1) is 0 Å². The molecule has 0 atom stereocenters. The Balaban J connectivity index is 0.000000255. The van der Waals surface area contributed by atoms with Crippen LogP contribution in [-0.2, 0) is 65.0 Å². The number of sulfone groups is 4. The van der Waals surface area contributed by atoms with Crippen LogP contribution in [0.15, 0.2) is 64.7 Å². The molecule has 0 aromatic heterocycles. The van der Waals surface area contributed by atoms with Gasteiger partial charge >= 0.3 is 22.7 Å². The van der Waals surface area contributed by atoms with Crippen LogP contribution >= 0.6 is 0 Å². The predicted molar refractivity (Wildman–Crippen MR) is 315 cm³/mol. The van der Waals surface area contributed by atoms with Crippen LogP contribution in [0.5, 0.6) is 0 Å². The van der Waals surface area contributed by atoms with E-state index >= 15 is 87.8 Å². The maximum Gasteiger partial charge on any atom is 0.525 e. The van der Waals surface area contributed by atoms with Crippen molar-refractivity contribution >= 4 is 62.7 Å². The van der Waals surface area contributed by atoms with Crippen LogP contribution < -0.4 is 20.9 Å². The molecule has 0 radical (unpaired) electrons. The summed E-state index contributed by atoms with van der Waals surface area (Å²) in [4.78, 5) is -0.241. The molecule has 0 spiro atoms. The van der Waals surface area contributed by atoms with E-state index in [9.17, 15) is 81.1 Å². The minimum Gasteiger partial charge on any atom is -0.224 e. The van der Waals surface area contributed by atoms with E-state index in [0.29, 0.717) is 0 Å². The van der Waals surface area contributed by atoms with Gasteiger partial charge in [-0.3, -0.25) is 0 Å². The van der Waals surface area contributed by atoms with Gasteiger partial charge in [0.25, 0.3) is 19.7 Å². The maximum atomic E-state index is 16.5. The standard InChI is InChI=1S/C32H4F16N4O4S2.C32H10F10N4O4S2/c1-51-30(52-2)11-4-10-13(17-22(37)26(41)29(27(42)23(17)38)58(55,56)32(46,47)48)14-9(3-8(18(14)33)7(5-49)6-50)12(15(10)19(11)34)16-20(35)24(39)28(25(40)21(16)36)57(53,54)31(43,44)45;1-45-32(46-2)13-6-12-15(19-24(37)28(41)31(52(4,49)50)29(42)25(19)38)16-11(5-10(20(16)33)9(7-43)8-44)14(17(12)21(13)34)18-22(35)26(39)30(51(3,47)48)27(40)23(18)36/h3-4H2;5-6H2,3-4H3. The zero-order chi connectivity index (χ0) is 83.2. The van der Waals surface area contributed by atoms with Crippen LogP contribution in [0, 0.1) is 165 Å². The van der Waals surface area contributed by atoms with E-state index in [2.05, 4.69) is 19.4 Å². The van der Waals surface area contributed by atoms with Crippen molar-refractivity contribution in [1.29, 1.82) is 21.0 Å². The van der Waals surface area contributed by atoms with Gasteiger partial charge in [0, 0.05) is 92.5 Å². The lowest BCUT2D eigenvalue weighted by atomic mass is 9.86. The lowest BCUT2D eigenvalue weighted by Gasteiger charge is -2.20. The molecule has 0 aliphatic heterocycles. The molecule has 0 fully saturated rings. The van der Waals surface area contributed by atoms with Crippen molar-refractivity contribution in [2.24, 2.45) is 0 Å². The Labute approximate surface area is 593 Å². The Morgan fingerprint density at radius 1 is 0.300 bits per heavy atom. The second-order valence-electron chi connectivity index (χ2n) is 22.4. The molecule has 4 aliphatic rings. The molecule has 0 unspecified atom stereocenters. The summed E-state index contributed by atoms with van der Waals surface area (Å²) in [6.45, 7) is 28.8. The fraction of sp³-hybridized carbons (Fsp3) is 0.125. The molecule has 0 saturated heterocycles. The molecule has 6 aromatic carbocycles. The Morgan fingerprint density at radius 2 is 0.473 bits per heavy atom. The van der Waals surface area contributed by atoms with Gasteiger partial charge in [0.05, 0.1) is 33.4 Å². The van der Waals surface area contributed by atoms with E-state index in [1.165, 1.54) is 12.1 Å². The van der Waals surface area contributed by atoms with Crippen molar-refractivity contribution < 1.29 is 148 Å². The van der Waals surface area contributed by atoms with Crippen LogP contribution in [0.1, 0.15) is 22.3 Å². The number of nitrogens with zero attached hydrogens (tertiary/aromatic N) is 8. The predicted octanol–water partition coefficient (Wildman–Crippen LogP) is 13.0. The minimum absolute atomic E-state index is 0.154. The lowest BCUT2D eigenvalue weighted by molar-refractivity contribution is -0.0446. The Bertz CT molecular complexity index is 6230. The highest BCUT2D eigenvalue weighted by Gasteiger charge is 2.55. The summed E-state index contributed by atoms with van der Waals surface area (Å²) in [6, 6.07) is 4.61. The maximum absolute atomic E-state index is 16.5. The van der Waals surface area contributed by atoms with E-state index in [0.717, 1.165) is 12.1 Å². The van der Waals surface area contributed by atoms with Crippen LogP contribution in [0.3, 0.4) is 0 Å². The molecule has 0 saturated carbocycles. The number of allylic oxidation sites excluding steroid dienone is 6. The average Bonchev–Trinajstić information content (AvgIpc) is 1.46. The molecular formula is C64H14F26N8O8S4. The number of halogens is 26. The van der Waals surface area contributed by atoms with Crippen LogP contribution in [-0.4, -0.2) is 57.2 Å². The molecule has 16 nitrogen and oxygen atoms in total. The van der Waals surface area contributed by atoms with Crippen LogP contribution in [0.25, 0.3) is 87.2 Å². The van der Waals surface area contributed by atoms with Gasteiger partial charge in [0.2, 0.25) is 0 Å². The Morgan fingerprint density at radius 3 is 0.636 bits per heavy atom. The molecule has 10 rings (SSSR count). The quantitative estimate of drug-likeness (QED) is 0.0597. The molecule has 0 N–H and O–H groups in total. The summed E-state index contributed by atoms with van der Waals surface area (Å²) in [5.74, 6) is -57.7. The van der Waals surface area contributed by atoms with Gasteiger partial charge in [-0.05, 0) is 22.3 Å². The molecule has 0 bridgehead atoms. The highest BCUT2D eigenvalue weighted by molar-refractivity contribution is 7.92. The second-order valence-corrected chi connectivity index (χ2v) is 30.0. The molecule has 4 aliphatic carbocycles. The van der Waals surface area contributed by atoms with E-state index in [1.807, 2.05) is 0 Å². The van der Waals surface area contributed by atoms with Crippen LogP contribution in [0.2, 0.25) is 0 Å². The summed E-state index contributed by atoms with van der Waals surface area (Å²) in [5, 5.41) is 31.3. The smallest absolute Gasteiger partial charge is 0.224 e. The monoisotopic (exact) mass is 1640 g/mol. The summed E-state index contributed by atoms with van der Waals surface area (Å²) >= 11 is 0. The normalized spacial score (nSPS) is 13.9. The Hall–Kier alpha value is -12.3. The lowest BCUT2D eigenvalue weighted by Crippen LogP contribution is -2.29. The van der Waals surface area contributed by atoms with Crippen molar-refractivity contribution in [3.8, 4) is 68.8 Å². The van der Waals surface area contributed by atoms with Gasteiger partial charge in [0.1, 0.15) is 94.8 Å². The fourth-order valence-corrected chi connectivity index (χ4v) is 15.6. The molecular weight excluding hydrogens is 1630 g/mol. The number of benzene rings is 6. The Kier molecular flexibility index (Phi) is 20.4.